The van der Waals surface area contributed by atoms with E-state index < -0.39 is 0 Å². The Morgan fingerprint density at radius 3 is 2.75 bits per heavy atom. The van der Waals surface area contributed by atoms with Crippen LogP contribution in [0.2, 0.25) is 0 Å². The molecule has 0 saturated carbocycles. The monoisotopic (exact) mass is 226 g/mol. The van der Waals surface area contributed by atoms with Crippen LogP contribution in [0.25, 0.3) is 0 Å². The van der Waals surface area contributed by atoms with E-state index in [2.05, 4.69) is 20.8 Å². The van der Waals surface area contributed by atoms with Gasteiger partial charge in [0, 0.05) is 13.1 Å². The summed E-state index contributed by atoms with van der Waals surface area (Å²) in [6, 6.07) is -0.307. The maximum absolute atomic E-state index is 12.2. The summed E-state index contributed by atoms with van der Waals surface area (Å²) in [7, 11) is 0. The van der Waals surface area contributed by atoms with E-state index in [-0.39, 0.29) is 17.9 Å². The summed E-state index contributed by atoms with van der Waals surface area (Å²) in [5, 5.41) is 0. The molecule has 0 bridgehead atoms. The molecule has 2 N–H and O–H groups in total. The average molecular weight is 226 g/mol. The Hall–Kier alpha value is -0.570. The predicted molar refractivity (Wildman–Crippen MR) is 67.0 cm³/mol. The molecule has 0 aromatic carbocycles. The number of rotatable bonds is 3. The van der Waals surface area contributed by atoms with Gasteiger partial charge in [0.15, 0.2) is 0 Å². The van der Waals surface area contributed by atoms with Crippen LogP contribution < -0.4 is 5.73 Å². The van der Waals surface area contributed by atoms with Crippen LogP contribution >= 0.6 is 0 Å². The highest BCUT2D eigenvalue weighted by Gasteiger charge is 2.26. The Balaban J connectivity index is 2.52. The van der Waals surface area contributed by atoms with E-state index in [0.29, 0.717) is 0 Å². The Morgan fingerprint density at radius 1 is 1.44 bits per heavy atom. The van der Waals surface area contributed by atoms with Crippen LogP contribution in [-0.2, 0) is 4.79 Å². The average Bonchev–Trinajstić information content (AvgIpc) is 2.51. The van der Waals surface area contributed by atoms with Crippen molar-refractivity contribution in [3.63, 3.8) is 0 Å². The molecule has 3 atom stereocenters. The van der Waals surface area contributed by atoms with Gasteiger partial charge in [-0.2, -0.15) is 0 Å². The molecule has 1 heterocycles. The standard InChI is InChI=1S/C13H26N2O/c1-4-11(3)12(14)13(16)15-8-5-6-10(2)7-9-15/h10-12H,4-9,14H2,1-3H3. The molecule has 3 unspecified atom stereocenters. The van der Waals surface area contributed by atoms with Gasteiger partial charge in [-0.15, -0.1) is 0 Å². The third-order valence-electron chi connectivity index (χ3n) is 3.87. The molecule has 1 saturated heterocycles. The highest BCUT2D eigenvalue weighted by molar-refractivity contribution is 5.82. The molecule has 3 nitrogen and oxygen atoms in total. The van der Waals surface area contributed by atoms with Gasteiger partial charge in [-0.25, -0.2) is 0 Å². The Labute approximate surface area is 99.4 Å². The van der Waals surface area contributed by atoms with Gasteiger partial charge in [0.25, 0.3) is 0 Å². The van der Waals surface area contributed by atoms with Crippen LogP contribution in [0.15, 0.2) is 0 Å². The maximum Gasteiger partial charge on any atom is 0.239 e. The second kappa shape index (κ2) is 6.24. The van der Waals surface area contributed by atoms with Crippen molar-refractivity contribution in [2.24, 2.45) is 17.6 Å². The van der Waals surface area contributed by atoms with Gasteiger partial charge in [-0.05, 0) is 31.1 Å². The zero-order chi connectivity index (χ0) is 12.1. The van der Waals surface area contributed by atoms with Crippen LogP contribution in [-0.4, -0.2) is 29.9 Å². The van der Waals surface area contributed by atoms with Gasteiger partial charge in [0.2, 0.25) is 5.91 Å². The predicted octanol–water partition coefficient (Wildman–Crippen LogP) is 2.01. The molecule has 1 aliphatic heterocycles. The van der Waals surface area contributed by atoms with Crippen LogP contribution in [0.1, 0.15) is 46.5 Å². The topological polar surface area (TPSA) is 46.3 Å². The zero-order valence-electron chi connectivity index (χ0n) is 10.9. The van der Waals surface area contributed by atoms with Gasteiger partial charge in [0.05, 0.1) is 6.04 Å². The lowest BCUT2D eigenvalue weighted by Gasteiger charge is -2.26. The second-order valence-corrected chi connectivity index (χ2v) is 5.27. The number of hydrogen-bond donors (Lipinski definition) is 1. The van der Waals surface area contributed by atoms with Crippen LogP contribution in [0.5, 0.6) is 0 Å². The van der Waals surface area contributed by atoms with E-state index in [4.69, 9.17) is 5.73 Å². The van der Waals surface area contributed by atoms with Crippen molar-refractivity contribution in [1.29, 1.82) is 0 Å². The SMILES string of the molecule is CCC(C)C(N)C(=O)N1CCCC(C)CC1. The summed E-state index contributed by atoms with van der Waals surface area (Å²) in [6.45, 7) is 8.20. The van der Waals surface area contributed by atoms with Crippen molar-refractivity contribution in [1.82, 2.24) is 4.90 Å². The van der Waals surface area contributed by atoms with E-state index >= 15 is 0 Å². The minimum Gasteiger partial charge on any atom is -0.341 e. The third-order valence-corrected chi connectivity index (χ3v) is 3.87. The molecule has 0 aromatic rings. The quantitative estimate of drug-likeness (QED) is 0.800. The molecule has 1 amide bonds. The second-order valence-electron chi connectivity index (χ2n) is 5.27. The number of carbonyl (C=O) groups is 1. The molecule has 0 aliphatic carbocycles. The Kier molecular flexibility index (Phi) is 5.26. The lowest BCUT2D eigenvalue weighted by Crippen LogP contribution is -2.47. The molecular weight excluding hydrogens is 200 g/mol. The Bertz CT molecular complexity index is 230. The van der Waals surface area contributed by atoms with Crippen LogP contribution in [0.4, 0.5) is 0 Å². The van der Waals surface area contributed by atoms with Gasteiger partial charge in [-0.3, -0.25) is 4.79 Å². The number of likely N-dealkylation sites (tertiary alicyclic amines) is 1. The molecule has 3 heteroatoms. The molecule has 0 aromatic heterocycles. The van der Waals surface area contributed by atoms with E-state index in [1.807, 2.05) is 4.90 Å². The molecule has 1 aliphatic rings. The normalized spacial score (nSPS) is 26.0. The number of nitrogens with two attached hydrogens (primary N) is 1. The number of carbonyl (C=O) groups excluding carboxylic acids is 1. The molecular formula is C13H26N2O. The smallest absolute Gasteiger partial charge is 0.239 e. The summed E-state index contributed by atoms with van der Waals surface area (Å²) in [4.78, 5) is 14.1. The first-order valence-corrected chi connectivity index (χ1v) is 6.60. The van der Waals surface area contributed by atoms with Gasteiger partial charge in [0.1, 0.15) is 0 Å². The van der Waals surface area contributed by atoms with E-state index in [0.717, 1.165) is 38.3 Å². The van der Waals surface area contributed by atoms with Crippen molar-refractivity contribution < 1.29 is 4.79 Å². The van der Waals surface area contributed by atoms with E-state index in [1.54, 1.807) is 0 Å². The van der Waals surface area contributed by atoms with Crippen LogP contribution in [0, 0.1) is 11.8 Å². The van der Waals surface area contributed by atoms with E-state index in [9.17, 15) is 4.79 Å². The van der Waals surface area contributed by atoms with Gasteiger partial charge >= 0.3 is 0 Å². The molecule has 1 fully saturated rings. The molecule has 1 rings (SSSR count). The maximum atomic E-state index is 12.2. The van der Waals surface area contributed by atoms with Crippen molar-refractivity contribution in [3.8, 4) is 0 Å². The lowest BCUT2D eigenvalue weighted by molar-refractivity contribution is -0.133. The lowest BCUT2D eigenvalue weighted by atomic mass is 9.99. The van der Waals surface area contributed by atoms with Gasteiger partial charge < -0.3 is 10.6 Å². The summed E-state index contributed by atoms with van der Waals surface area (Å²) in [5.74, 6) is 1.19. The van der Waals surface area contributed by atoms with Gasteiger partial charge in [-0.1, -0.05) is 27.2 Å². The summed E-state index contributed by atoms with van der Waals surface area (Å²) < 4.78 is 0. The first-order chi connectivity index (χ1) is 7.56. The van der Waals surface area contributed by atoms with Crippen molar-refractivity contribution in [2.75, 3.05) is 13.1 Å². The Morgan fingerprint density at radius 2 is 2.12 bits per heavy atom. The summed E-state index contributed by atoms with van der Waals surface area (Å²) in [6.07, 6.45) is 4.46. The highest BCUT2D eigenvalue weighted by Crippen LogP contribution is 2.18. The minimum atomic E-state index is -0.307. The fourth-order valence-corrected chi connectivity index (χ4v) is 2.19. The molecule has 16 heavy (non-hydrogen) atoms. The summed E-state index contributed by atoms with van der Waals surface area (Å²) in [5.41, 5.74) is 6.00. The summed E-state index contributed by atoms with van der Waals surface area (Å²) >= 11 is 0. The third kappa shape index (κ3) is 3.48. The van der Waals surface area contributed by atoms with E-state index in [1.165, 1.54) is 6.42 Å². The molecule has 0 spiro atoms. The molecule has 0 radical (unpaired) electrons. The van der Waals surface area contributed by atoms with Crippen molar-refractivity contribution in [2.45, 2.75) is 52.5 Å². The largest absolute Gasteiger partial charge is 0.341 e. The van der Waals surface area contributed by atoms with Crippen LogP contribution in [0.3, 0.4) is 0 Å². The molecule has 94 valence electrons. The first kappa shape index (κ1) is 13.5. The first-order valence-electron chi connectivity index (χ1n) is 6.60. The highest BCUT2D eigenvalue weighted by atomic mass is 16.2. The fraction of sp³-hybridized carbons (Fsp3) is 0.923. The fourth-order valence-electron chi connectivity index (χ4n) is 2.19. The number of hydrogen-bond acceptors (Lipinski definition) is 2. The van der Waals surface area contributed by atoms with Crippen molar-refractivity contribution >= 4 is 5.91 Å². The number of amides is 1. The minimum absolute atomic E-state index is 0.156. The number of nitrogens with zero attached hydrogens (tertiary/aromatic N) is 1. The zero-order valence-corrected chi connectivity index (χ0v) is 10.9. The van der Waals surface area contributed by atoms with Crippen molar-refractivity contribution in [3.05, 3.63) is 0 Å².